The molecule has 0 spiro atoms. The van der Waals surface area contributed by atoms with E-state index < -0.39 is 5.92 Å². The number of nitrogens with zero attached hydrogens (tertiary/aromatic N) is 2. The molecule has 1 amide bonds. The largest absolute Gasteiger partial charge is 0.467 e. The zero-order valence-electron chi connectivity index (χ0n) is 20.5. The van der Waals surface area contributed by atoms with E-state index in [2.05, 4.69) is 48.0 Å². The molecule has 2 aromatic heterocycles. The van der Waals surface area contributed by atoms with Crippen molar-refractivity contribution in [2.75, 3.05) is 0 Å². The summed E-state index contributed by atoms with van der Waals surface area (Å²) >= 11 is 0. The Hall–Kier alpha value is -4.31. The van der Waals surface area contributed by atoms with Crippen LogP contribution in [0.4, 0.5) is 0 Å². The van der Waals surface area contributed by atoms with Crippen LogP contribution in [0.5, 0.6) is 0 Å². The minimum absolute atomic E-state index is 0.0480. The fraction of sp³-hybridized carbons (Fsp3) is 0.156. The molecule has 5 rings (SSSR count). The highest BCUT2D eigenvalue weighted by Gasteiger charge is 2.28. The van der Waals surface area contributed by atoms with Crippen molar-refractivity contribution < 1.29 is 9.21 Å². The monoisotopic (exact) mass is 474 g/mol. The van der Waals surface area contributed by atoms with Crippen molar-refractivity contribution in [1.82, 2.24) is 9.47 Å². The van der Waals surface area contributed by atoms with Crippen LogP contribution in [0.15, 0.2) is 126 Å². The normalized spacial score (nSPS) is 11.1. The van der Waals surface area contributed by atoms with Crippen LogP contribution in [-0.2, 0) is 24.4 Å². The summed E-state index contributed by atoms with van der Waals surface area (Å²) in [5.74, 6) is 0.412. The number of rotatable bonds is 9. The van der Waals surface area contributed by atoms with E-state index >= 15 is 0 Å². The molecule has 0 aliphatic carbocycles. The van der Waals surface area contributed by atoms with E-state index in [-0.39, 0.29) is 5.91 Å². The summed E-state index contributed by atoms with van der Waals surface area (Å²) in [7, 11) is 0. The van der Waals surface area contributed by atoms with Gasteiger partial charge in [0, 0.05) is 18.4 Å². The Balaban J connectivity index is 1.47. The molecular formula is C32H30N2O2. The van der Waals surface area contributed by atoms with E-state index in [0.29, 0.717) is 13.1 Å². The van der Waals surface area contributed by atoms with Gasteiger partial charge in [0.25, 0.3) is 0 Å². The first-order valence-electron chi connectivity index (χ1n) is 12.3. The lowest BCUT2D eigenvalue weighted by Gasteiger charge is -2.28. The Morgan fingerprint density at radius 2 is 1.44 bits per heavy atom. The number of hydrogen-bond donors (Lipinski definition) is 0. The molecule has 0 fully saturated rings. The number of furan rings is 1. The van der Waals surface area contributed by atoms with E-state index in [1.807, 2.05) is 83.8 Å². The third kappa shape index (κ3) is 5.49. The summed E-state index contributed by atoms with van der Waals surface area (Å²) in [6.45, 7) is 3.73. The highest BCUT2D eigenvalue weighted by atomic mass is 16.3. The van der Waals surface area contributed by atoms with Gasteiger partial charge in [-0.05, 0) is 47.9 Å². The van der Waals surface area contributed by atoms with Crippen LogP contribution in [0.3, 0.4) is 0 Å². The maximum absolute atomic E-state index is 14.3. The second kappa shape index (κ2) is 11.0. The van der Waals surface area contributed by atoms with Gasteiger partial charge >= 0.3 is 0 Å². The van der Waals surface area contributed by atoms with Gasteiger partial charge in [-0.1, -0.05) is 90.5 Å². The molecule has 36 heavy (non-hydrogen) atoms. The first-order chi connectivity index (χ1) is 17.7. The van der Waals surface area contributed by atoms with Crippen LogP contribution in [0.25, 0.3) is 0 Å². The summed E-state index contributed by atoms with van der Waals surface area (Å²) in [6, 6.07) is 36.5. The van der Waals surface area contributed by atoms with Gasteiger partial charge in [0.1, 0.15) is 5.76 Å². The average Bonchev–Trinajstić information content (AvgIpc) is 3.59. The highest BCUT2D eigenvalue weighted by Crippen LogP contribution is 2.28. The van der Waals surface area contributed by atoms with E-state index in [1.165, 1.54) is 11.1 Å². The number of hydrogen-bond acceptors (Lipinski definition) is 2. The molecule has 2 heterocycles. The molecule has 4 heteroatoms. The van der Waals surface area contributed by atoms with Gasteiger partial charge in [-0.3, -0.25) is 4.79 Å². The maximum Gasteiger partial charge on any atom is 0.235 e. The van der Waals surface area contributed by atoms with E-state index in [1.54, 1.807) is 6.26 Å². The standard InChI is InChI=1S/C32H30N2O2/c1-25-16-18-26(19-17-25)22-33-20-8-14-29(33)23-34(24-30-15-9-21-36-30)32(35)31(27-10-4-2-5-11-27)28-12-6-3-7-13-28/h2-21,31H,22-24H2,1H3. The second-order valence-corrected chi connectivity index (χ2v) is 9.14. The molecule has 5 aromatic rings. The Bertz CT molecular complexity index is 1330. The molecule has 0 aliphatic heterocycles. The van der Waals surface area contributed by atoms with Gasteiger partial charge in [-0.2, -0.15) is 0 Å². The predicted octanol–water partition coefficient (Wildman–Crippen LogP) is 6.80. The molecule has 0 bridgehead atoms. The number of benzene rings is 3. The number of carbonyl (C=O) groups is 1. The van der Waals surface area contributed by atoms with Crippen LogP contribution in [0, 0.1) is 6.92 Å². The number of carbonyl (C=O) groups excluding carboxylic acids is 1. The number of amides is 1. The zero-order valence-corrected chi connectivity index (χ0v) is 20.5. The van der Waals surface area contributed by atoms with Crippen LogP contribution < -0.4 is 0 Å². The molecule has 0 saturated heterocycles. The molecule has 0 atom stereocenters. The van der Waals surface area contributed by atoms with Crippen LogP contribution in [0.2, 0.25) is 0 Å². The van der Waals surface area contributed by atoms with E-state index in [4.69, 9.17) is 4.42 Å². The minimum Gasteiger partial charge on any atom is -0.467 e. The van der Waals surface area contributed by atoms with Crippen molar-refractivity contribution in [3.05, 3.63) is 155 Å². The van der Waals surface area contributed by atoms with Gasteiger partial charge < -0.3 is 13.9 Å². The van der Waals surface area contributed by atoms with Gasteiger partial charge in [0.2, 0.25) is 5.91 Å². The summed E-state index contributed by atoms with van der Waals surface area (Å²) in [6.07, 6.45) is 3.74. The molecule has 0 unspecified atom stereocenters. The SMILES string of the molecule is Cc1ccc(Cn2cccc2CN(Cc2ccco2)C(=O)C(c2ccccc2)c2ccccc2)cc1. The van der Waals surface area contributed by atoms with E-state index in [0.717, 1.165) is 29.1 Å². The van der Waals surface area contributed by atoms with Crippen LogP contribution >= 0.6 is 0 Å². The lowest BCUT2D eigenvalue weighted by Crippen LogP contribution is -2.35. The first kappa shape index (κ1) is 23.4. The lowest BCUT2D eigenvalue weighted by atomic mass is 9.90. The Morgan fingerprint density at radius 1 is 0.778 bits per heavy atom. The zero-order chi connectivity index (χ0) is 24.7. The van der Waals surface area contributed by atoms with Crippen molar-refractivity contribution in [2.45, 2.75) is 32.5 Å². The van der Waals surface area contributed by atoms with Gasteiger partial charge in [0.15, 0.2) is 0 Å². The van der Waals surface area contributed by atoms with E-state index in [9.17, 15) is 4.79 Å². The molecular weight excluding hydrogens is 444 g/mol. The Kier molecular flexibility index (Phi) is 7.13. The Labute approximate surface area is 212 Å². The Morgan fingerprint density at radius 3 is 2.06 bits per heavy atom. The highest BCUT2D eigenvalue weighted by molar-refractivity contribution is 5.87. The fourth-order valence-electron chi connectivity index (χ4n) is 4.59. The molecule has 0 aliphatic rings. The molecule has 4 nitrogen and oxygen atoms in total. The quantitative estimate of drug-likeness (QED) is 0.236. The van der Waals surface area contributed by atoms with Crippen LogP contribution in [-0.4, -0.2) is 15.4 Å². The van der Waals surface area contributed by atoms with Gasteiger partial charge in [-0.25, -0.2) is 0 Å². The number of aromatic nitrogens is 1. The molecule has 3 aromatic carbocycles. The summed E-state index contributed by atoms with van der Waals surface area (Å²) in [5, 5.41) is 0. The smallest absolute Gasteiger partial charge is 0.235 e. The first-order valence-corrected chi connectivity index (χ1v) is 12.3. The molecule has 180 valence electrons. The van der Waals surface area contributed by atoms with Crippen molar-refractivity contribution in [1.29, 1.82) is 0 Å². The summed E-state index contributed by atoms with van der Waals surface area (Å²) in [4.78, 5) is 16.2. The third-order valence-electron chi connectivity index (χ3n) is 6.50. The number of aryl methyl sites for hydroxylation is 1. The third-order valence-corrected chi connectivity index (χ3v) is 6.50. The summed E-state index contributed by atoms with van der Waals surface area (Å²) < 4.78 is 7.88. The van der Waals surface area contributed by atoms with Crippen LogP contribution in [0.1, 0.15) is 39.6 Å². The van der Waals surface area contributed by atoms with Gasteiger partial charge in [-0.15, -0.1) is 0 Å². The minimum atomic E-state index is -0.400. The topological polar surface area (TPSA) is 38.4 Å². The predicted molar refractivity (Wildman–Crippen MR) is 142 cm³/mol. The molecule has 0 radical (unpaired) electrons. The van der Waals surface area contributed by atoms with Crippen molar-refractivity contribution in [3.63, 3.8) is 0 Å². The lowest BCUT2D eigenvalue weighted by molar-refractivity contribution is -0.133. The maximum atomic E-state index is 14.3. The average molecular weight is 475 g/mol. The summed E-state index contributed by atoms with van der Waals surface area (Å²) in [5.41, 5.74) is 5.51. The van der Waals surface area contributed by atoms with Crippen molar-refractivity contribution in [2.24, 2.45) is 0 Å². The van der Waals surface area contributed by atoms with Gasteiger partial charge in [0.05, 0.1) is 25.3 Å². The molecule has 0 N–H and O–H groups in total. The van der Waals surface area contributed by atoms with Crippen molar-refractivity contribution >= 4 is 5.91 Å². The molecule has 0 saturated carbocycles. The van der Waals surface area contributed by atoms with Crippen molar-refractivity contribution in [3.8, 4) is 0 Å². The fourth-order valence-corrected chi connectivity index (χ4v) is 4.59. The second-order valence-electron chi connectivity index (χ2n) is 9.14.